The summed E-state index contributed by atoms with van der Waals surface area (Å²) in [5, 5.41) is 0. The van der Waals surface area contributed by atoms with Crippen molar-refractivity contribution in [2.75, 3.05) is 0 Å². The number of allylic oxidation sites excluding steroid dienone is 2. The molecule has 0 bridgehead atoms. The van der Waals surface area contributed by atoms with Crippen molar-refractivity contribution in [3.05, 3.63) is 39.6 Å². The molecule has 1 aliphatic rings. The Kier molecular flexibility index (Phi) is 26.5. The Morgan fingerprint density at radius 1 is 0.361 bits per heavy atom. The van der Waals surface area contributed by atoms with Gasteiger partial charge < -0.3 is 0 Å². The molecule has 0 spiro atoms. The zero-order valence-corrected chi connectivity index (χ0v) is 43.2. The molecule has 1 aliphatic carbocycles. The molecule has 2 aromatic heterocycles. The first-order valence-electron chi connectivity index (χ1n) is 24.7. The lowest BCUT2D eigenvalue weighted by molar-refractivity contribution is -0.254. The largest absolute Gasteiger partial charge is 0.380 e. The molecule has 10 heteroatoms. The Balaban J connectivity index is 1.58. The highest BCUT2D eigenvalue weighted by Crippen LogP contribution is 2.67. The van der Waals surface area contributed by atoms with Crippen LogP contribution in [0.2, 0.25) is 0 Å². The van der Waals surface area contributed by atoms with Gasteiger partial charge in [0.25, 0.3) is 0 Å². The maximum atomic E-state index is 16.2. The average Bonchev–Trinajstić information content (AvgIpc) is 3.69. The van der Waals surface area contributed by atoms with Gasteiger partial charge in [-0.1, -0.05) is 206 Å². The van der Waals surface area contributed by atoms with Crippen molar-refractivity contribution in [1.29, 1.82) is 0 Å². The monoisotopic (exact) mass is 1030 g/mol. The van der Waals surface area contributed by atoms with E-state index in [1.54, 1.807) is 13.8 Å². The number of thiophene rings is 2. The number of halogens is 8. The summed E-state index contributed by atoms with van der Waals surface area (Å²) in [6, 6.07) is 0. The summed E-state index contributed by atoms with van der Waals surface area (Å²) in [5.74, 6) is -15.7. The van der Waals surface area contributed by atoms with E-state index < -0.39 is 28.9 Å². The van der Waals surface area contributed by atoms with Crippen LogP contribution in [0.15, 0.2) is 7.57 Å². The van der Waals surface area contributed by atoms with Gasteiger partial charge >= 0.3 is 17.8 Å². The quantitative estimate of drug-likeness (QED) is 0.0471. The first kappa shape index (κ1) is 55.0. The number of alkyl halides is 6. The van der Waals surface area contributed by atoms with Gasteiger partial charge in [0.1, 0.15) is 0 Å². The molecule has 3 rings (SSSR count). The van der Waals surface area contributed by atoms with Crippen LogP contribution in [0.1, 0.15) is 251 Å². The zero-order valence-electron chi connectivity index (χ0n) is 38.4. The summed E-state index contributed by atoms with van der Waals surface area (Å²) in [6.45, 7) is 7.67. The molecule has 0 radical (unpaired) electrons. The van der Waals surface area contributed by atoms with Gasteiger partial charge in [-0.2, -0.15) is 26.3 Å². The van der Waals surface area contributed by atoms with Crippen molar-refractivity contribution < 1.29 is 26.3 Å². The predicted molar refractivity (Wildman–Crippen MR) is 262 cm³/mol. The summed E-state index contributed by atoms with van der Waals surface area (Å²) in [5.41, 5.74) is -1.72. The topological polar surface area (TPSA) is 0 Å². The molecular weight excluding hydrogens is 950 g/mol. The van der Waals surface area contributed by atoms with Crippen molar-refractivity contribution in [2.45, 2.75) is 264 Å². The van der Waals surface area contributed by atoms with Gasteiger partial charge in [0.05, 0.1) is 7.57 Å². The maximum absolute atomic E-state index is 16.2. The first-order chi connectivity index (χ1) is 29.3. The van der Waals surface area contributed by atoms with E-state index in [-0.39, 0.29) is 11.1 Å². The van der Waals surface area contributed by atoms with Crippen LogP contribution in [-0.4, -0.2) is 17.8 Å². The number of aryl methyl sites for hydroxylation is 2. The van der Waals surface area contributed by atoms with Crippen LogP contribution in [0.3, 0.4) is 0 Å². The van der Waals surface area contributed by atoms with Crippen LogP contribution < -0.4 is 0 Å². The van der Waals surface area contributed by atoms with Gasteiger partial charge in [0.15, 0.2) is 0 Å². The molecular formula is C51H80Br2F6S2. The Hall–Kier alpha value is -0.320. The van der Waals surface area contributed by atoms with Crippen molar-refractivity contribution in [3.63, 3.8) is 0 Å². The zero-order chi connectivity index (χ0) is 44.7. The van der Waals surface area contributed by atoms with Crippen LogP contribution in [0.25, 0.3) is 11.1 Å². The molecule has 61 heavy (non-hydrogen) atoms. The third kappa shape index (κ3) is 16.5. The Morgan fingerprint density at radius 2 is 0.574 bits per heavy atom. The molecule has 0 nitrogen and oxygen atoms in total. The maximum Gasteiger partial charge on any atom is 0.380 e. The molecule has 0 saturated carbocycles. The second-order valence-corrected chi connectivity index (χ2v) is 23.2. The molecule has 352 valence electrons. The van der Waals surface area contributed by atoms with E-state index in [1.807, 2.05) is 0 Å². The number of rotatable bonds is 36. The Morgan fingerprint density at radius 3 is 0.803 bits per heavy atom. The lowest BCUT2D eigenvalue weighted by atomic mass is 9.89. The summed E-state index contributed by atoms with van der Waals surface area (Å²) in [6.07, 6.45) is 39.2. The molecule has 0 fully saturated rings. The van der Waals surface area contributed by atoms with Gasteiger partial charge in [0.2, 0.25) is 0 Å². The van der Waals surface area contributed by atoms with E-state index in [0.717, 1.165) is 51.4 Å². The minimum Gasteiger partial charge on any atom is -0.194 e. The van der Waals surface area contributed by atoms with Crippen molar-refractivity contribution >= 4 is 65.7 Å². The average molecular weight is 1030 g/mol. The van der Waals surface area contributed by atoms with E-state index in [2.05, 4.69) is 45.7 Å². The highest BCUT2D eigenvalue weighted by molar-refractivity contribution is 9.11. The second-order valence-electron chi connectivity index (χ2n) is 18.2. The predicted octanol–water partition coefficient (Wildman–Crippen LogP) is 21.4. The lowest BCUT2D eigenvalue weighted by Crippen LogP contribution is -2.49. The molecule has 0 aromatic carbocycles. The van der Waals surface area contributed by atoms with Crippen LogP contribution in [0.4, 0.5) is 26.3 Å². The van der Waals surface area contributed by atoms with Gasteiger partial charge in [-0.05, 0) is 82.5 Å². The molecule has 0 N–H and O–H groups in total. The van der Waals surface area contributed by atoms with Gasteiger partial charge in [0, 0.05) is 32.0 Å². The highest BCUT2D eigenvalue weighted by atomic mass is 79.9. The minimum absolute atomic E-state index is 0.121. The standard InChI is InChI=1S/C51H80Br2F6S2/c1-5-7-9-11-13-15-17-19-21-23-25-27-29-31-33-35-37-41-43(39(3)60-47(41)52)45-46(50(56,57)51(58,59)49(45,54)55)44-40(4)61-48(53)42(44)38-36-34-32-30-28-26-24-22-20-18-16-14-12-10-8-6-2/h5-38H2,1-4H3. The van der Waals surface area contributed by atoms with Crippen LogP contribution >= 0.6 is 54.5 Å². The first-order valence-corrected chi connectivity index (χ1v) is 27.9. The fourth-order valence-electron chi connectivity index (χ4n) is 9.30. The van der Waals surface area contributed by atoms with Crippen molar-refractivity contribution in [1.82, 2.24) is 0 Å². The van der Waals surface area contributed by atoms with Crippen LogP contribution in [0, 0.1) is 13.8 Å². The minimum atomic E-state index is -5.57. The number of hydrogen-bond acceptors (Lipinski definition) is 2. The number of hydrogen-bond donors (Lipinski definition) is 0. The molecule has 0 unspecified atom stereocenters. The smallest absolute Gasteiger partial charge is 0.194 e. The highest BCUT2D eigenvalue weighted by Gasteiger charge is 2.80. The number of unbranched alkanes of at least 4 members (excludes halogenated alkanes) is 30. The van der Waals surface area contributed by atoms with E-state index in [0.29, 0.717) is 54.1 Å². The van der Waals surface area contributed by atoms with E-state index in [1.165, 1.54) is 164 Å². The summed E-state index contributed by atoms with van der Waals surface area (Å²) in [4.78, 5) is 0.704. The van der Waals surface area contributed by atoms with Gasteiger partial charge in [-0.3, -0.25) is 0 Å². The molecule has 0 saturated heterocycles. The van der Waals surface area contributed by atoms with E-state index in [9.17, 15) is 0 Å². The normalized spacial score (nSPS) is 15.8. The molecule has 2 aromatic rings. The van der Waals surface area contributed by atoms with Crippen molar-refractivity contribution in [3.8, 4) is 0 Å². The molecule has 0 aliphatic heterocycles. The third-order valence-electron chi connectivity index (χ3n) is 13.0. The Labute approximate surface area is 392 Å². The molecule has 0 atom stereocenters. The summed E-state index contributed by atoms with van der Waals surface area (Å²) < 4.78 is 97.0. The van der Waals surface area contributed by atoms with Crippen molar-refractivity contribution in [2.24, 2.45) is 0 Å². The molecule has 2 heterocycles. The SMILES string of the molecule is CCCCCCCCCCCCCCCCCCc1c(Br)sc(C)c1C1=C(c2c(C)sc(Br)c2CCCCCCCCCCCCCCCCCC)C(F)(F)C(F)(F)C1(F)F. The summed E-state index contributed by atoms with van der Waals surface area (Å²) in [7, 11) is 0. The Bertz CT molecular complexity index is 1430. The second kappa shape index (κ2) is 29.3. The summed E-state index contributed by atoms with van der Waals surface area (Å²) >= 11 is 9.39. The third-order valence-corrected chi connectivity index (χ3v) is 16.8. The fraction of sp³-hybridized carbons (Fsp3) is 0.804. The lowest BCUT2D eigenvalue weighted by Gasteiger charge is -2.26. The van der Waals surface area contributed by atoms with Crippen LogP contribution in [-0.2, 0) is 12.8 Å². The van der Waals surface area contributed by atoms with Gasteiger partial charge in [-0.25, -0.2) is 0 Å². The van der Waals surface area contributed by atoms with E-state index >= 15 is 26.3 Å². The fourth-order valence-corrected chi connectivity index (χ4v) is 13.4. The van der Waals surface area contributed by atoms with E-state index in [4.69, 9.17) is 0 Å². The van der Waals surface area contributed by atoms with Crippen LogP contribution in [0.5, 0.6) is 0 Å². The van der Waals surface area contributed by atoms with Gasteiger partial charge in [-0.15, -0.1) is 22.7 Å². The molecule has 0 amide bonds.